The number of thiazole rings is 1. The van der Waals surface area contributed by atoms with Crippen LogP contribution < -0.4 is 10.2 Å². The maximum atomic E-state index is 13.3. The van der Waals surface area contributed by atoms with Gasteiger partial charge >= 0.3 is 0 Å². The zero-order chi connectivity index (χ0) is 18.0. The summed E-state index contributed by atoms with van der Waals surface area (Å²) in [5.41, 5.74) is 0.970. The minimum atomic E-state index is -0.921. The van der Waals surface area contributed by atoms with Crippen LogP contribution in [0.4, 0.5) is 13.9 Å². The maximum absolute atomic E-state index is 13.3. The molecule has 1 aliphatic heterocycles. The number of carbonyl (C=O) groups excluding carboxylic acids is 1. The van der Waals surface area contributed by atoms with Gasteiger partial charge in [-0.05, 0) is 32.0 Å². The number of rotatable bonds is 4. The van der Waals surface area contributed by atoms with Crippen molar-refractivity contribution in [3.05, 3.63) is 35.2 Å². The lowest BCUT2D eigenvalue weighted by Crippen LogP contribution is -3.16. The van der Waals surface area contributed by atoms with E-state index in [1.807, 2.05) is 13.8 Å². The van der Waals surface area contributed by atoms with Crippen LogP contribution >= 0.6 is 11.3 Å². The largest absolute Gasteiger partial charge is 0.364 e. The van der Waals surface area contributed by atoms with Crippen LogP contribution in [0.15, 0.2) is 23.6 Å². The van der Waals surface area contributed by atoms with Crippen LogP contribution in [0.1, 0.15) is 13.8 Å². The first kappa shape index (κ1) is 17.9. The minimum absolute atomic E-state index is 0.123. The number of amides is 1. The van der Waals surface area contributed by atoms with Crippen molar-refractivity contribution in [2.75, 3.05) is 25.0 Å². The first-order valence-corrected chi connectivity index (χ1v) is 8.98. The van der Waals surface area contributed by atoms with E-state index >= 15 is 0 Å². The van der Waals surface area contributed by atoms with Gasteiger partial charge in [-0.1, -0.05) is 0 Å². The summed E-state index contributed by atoms with van der Waals surface area (Å²) in [5, 5.41) is 4.92. The zero-order valence-corrected chi connectivity index (χ0v) is 14.8. The summed E-state index contributed by atoms with van der Waals surface area (Å²) >= 11 is 1.25. The van der Waals surface area contributed by atoms with Crippen molar-refractivity contribution in [2.24, 2.45) is 0 Å². The van der Waals surface area contributed by atoms with E-state index in [0.29, 0.717) is 22.9 Å². The summed E-state index contributed by atoms with van der Waals surface area (Å²) in [6, 6.07) is 3.61. The van der Waals surface area contributed by atoms with Crippen LogP contribution in [-0.4, -0.2) is 42.7 Å². The van der Waals surface area contributed by atoms with Crippen molar-refractivity contribution in [1.82, 2.24) is 4.98 Å². The molecule has 0 radical (unpaired) electrons. The Bertz CT molecular complexity index is 758. The number of anilines is 1. The monoisotopic (exact) mass is 368 g/mol. The highest BCUT2D eigenvalue weighted by atomic mass is 32.1. The van der Waals surface area contributed by atoms with Gasteiger partial charge in [0.25, 0.3) is 5.91 Å². The fraction of sp³-hybridized carbons (Fsp3) is 0.412. The van der Waals surface area contributed by atoms with E-state index in [4.69, 9.17) is 4.74 Å². The fourth-order valence-corrected chi connectivity index (χ4v) is 3.78. The number of benzene rings is 1. The first-order valence-electron chi connectivity index (χ1n) is 8.10. The number of nitrogens with one attached hydrogen (secondary N) is 2. The lowest BCUT2D eigenvalue weighted by Gasteiger charge is -2.31. The van der Waals surface area contributed by atoms with Gasteiger partial charge in [-0.15, -0.1) is 11.3 Å². The number of hydrogen-bond donors (Lipinski definition) is 2. The van der Waals surface area contributed by atoms with E-state index in [2.05, 4.69) is 10.3 Å². The number of morpholine rings is 1. The lowest BCUT2D eigenvalue weighted by atomic mass is 10.2. The average molecular weight is 368 g/mol. The Balaban J connectivity index is 1.61. The van der Waals surface area contributed by atoms with E-state index in [1.54, 1.807) is 5.38 Å². The number of aromatic nitrogens is 1. The molecule has 2 atom stereocenters. The highest BCUT2D eigenvalue weighted by Crippen LogP contribution is 2.25. The van der Waals surface area contributed by atoms with Crippen LogP contribution in [-0.2, 0) is 9.53 Å². The maximum Gasteiger partial charge on any atom is 0.281 e. The summed E-state index contributed by atoms with van der Waals surface area (Å²) in [6.45, 7) is 5.93. The number of carbonyl (C=O) groups is 1. The third kappa shape index (κ3) is 4.59. The molecule has 0 bridgehead atoms. The molecule has 0 aliphatic carbocycles. The highest BCUT2D eigenvalue weighted by Gasteiger charge is 2.27. The molecule has 1 saturated heterocycles. The number of halogens is 2. The summed E-state index contributed by atoms with van der Waals surface area (Å²) < 4.78 is 32.0. The Morgan fingerprint density at radius 2 is 2.04 bits per heavy atom. The van der Waals surface area contributed by atoms with Crippen molar-refractivity contribution in [1.29, 1.82) is 0 Å². The van der Waals surface area contributed by atoms with Crippen molar-refractivity contribution in [2.45, 2.75) is 26.1 Å². The first-order chi connectivity index (χ1) is 11.9. The topological polar surface area (TPSA) is 55.7 Å². The molecule has 1 fully saturated rings. The SMILES string of the molecule is C[C@@H]1C[NH+](CC(=O)Nc2nc(-c3ccc(F)c(F)c3)cs2)C[C@@H](C)O1. The van der Waals surface area contributed by atoms with Gasteiger partial charge in [-0.3, -0.25) is 10.1 Å². The molecule has 1 amide bonds. The van der Waals surface area contributed by atoms with Gasteiger partial charge in [-0.25, -0.2) is 13.8 Å². The molecule has 1 aliphatic rings. The molecule has 1 aromatic carbocycles. The quantitative estimate of drug-likeness (QED) is 0.864. The van der Waals surface area contributed by atoms with Gasteiger partial charge in [0.05, 0.1) is 5.69 Å². The lowest BCUT2D eigenvalue weighted by molar-refractivity contribution is -0.907. The van der Waals surface area contributed by atoms with Gasteiger partial charge in [0.15, 0.2) is 23.3 Å². The number of ether oxygens (including phenoxy) is 1. The van der Waals surface area contributed by atoms with Crippen LogP contribution in [0.2, 0.25) is 0 Å². The number of hydrogen-bond acceptors (Lipinski definition) is 4. The minimum Gasteiger partial charge on any atom is -0.364 e. The molecular formula is C17H20F2N3O2S+. The van der Waals surface area contributed by atoms with Gasteiger partial charge in [0, 0.05) is 10.9 Å². The fourth-order valence-electron chi connectivity index (χ4n) is 3.04. The number of nitrogens with zero attached hydrogens (tertiary/aromatic N) is 1. The summed E-state index contributed by atoms with van der Waals surface area (Å²) in [5.74, 6) is -1.94. The molecule has 2 aromatic rings. The Kier molecular flexibility index (Phi) is 5.41. The Morgan fingerprint density at radius 1 is 1.32 bits per heavy atom. The van der Waals surface area contributed by atoms with E-state index in [1.165, 1.54) is 22.3 Å². The second-order valence-electron chi connectivity index (χ2n) is 6.31. The smallest absolute Gasteiger partial charge is 0.281 e. The average Bonchev–Trinajstić information content (AvgIpc) is 2.97. The van der Waals surface area contributed by atoms with Crippen molar-refractivity contribution in [3.8, 4) is 11.3 Å². The summed E-state index contributed by atoms with van der Waals surface area (Å²) in [4.78, 5) is 17.7. The molecule has 2 N–H and O–H groups in total. The Labute approximate surface area is 148 Å². The van der Waals surface area contributed by atoms with Crippen LogP contribution in [0.25, 0.3) is 11.3 Å². The Hall–Kier alpha value is -1.90. The summed E-state index contributed by atoms with van der Waals surface area (Å²) in [6.07, 6.45) is 0.262. The third-order valence-electron chi connectivity index (χ3n) is 3.99. The predicted octanol–water partition coefficient (Wildman–Crippen LogP) is 1.72. The van der Waals surface area contributed by atoms with Crippen LogP contribution in [0, 0.1) is 11.6 Å². The molecule has 25 heavy (non-hydrogen) atoms. The van der Waals surface area contributed by atoms with Crippen molar-refractivity contribution >= 4 is 22.4 Å². The van der Waals surface area contributed by atoms with Gasteiger partial charge in [0.2, 0.25) is 0 Å². The van der Waals surface area contributed by atoms with Crippen LogP contribution in [0.3, 0.4) is 0 Å². The van der Waals surface area contributed by atoms with Gasteiger partial charge in [0.1, 0.15) is 25.3 Å². The molecule has 0 spiro atoms. The Morgan fingerprint density at radius 3 is 2.72 bits per heavy atom. The molecule has 8 heteroatoms. The molecule has 5 nitrogen and oxygen atoms in total. The van der Waals surface area contributed by atoms with Gasteiger partial charge < -0.3 is 9.64 Å². The van der Waals surface area contributed by atoms with Gasteiger partial charge in [-0.2, -0.15) is 0 Å². The second-order valence-corrected chi connectivity index (χ2v) is 7.17. The standard InChI is InChI=1S/C17H19F2N3O2S/c1-10-6-22(7-11(2)24-10)8-16(23)21-17-20-15(9-25-17)12-3-4-13(18)14(19)5-12/h3-5,9-11H,6-8H2,1-2H3,(H,20,21,23)/p+1/t10-,11-/m1/s1. The van der Waals surface area contributed by atoms with Crippen molar-refractivity contribution in [3.63, 3.8) is 0 Å². The zero-order valence-electron chi connectivity index (χ0n) is 14.0. The second kappa shape index (κ2) is 7.55. The highest BCUT2D eigenvalue weighted by molar-refractivity contribution is 7.14. The molecule has 3 rings (SSSR count). The van der Waals surface area contributed by atoms with E-state index in [-0.39, 0.29) is 18.1 Å². The molecule has 1 aromatic heterocycles. The normalized spacial score (nSPS) is 23.4. The number of quaternary nitrogens is 1. The third-order valence-corrected chi connectivity index (χ3v) is 4.75. The molecule has 134 valence electrons. The molecule has 0 unspecified atom stereocenters. The summed E-state index contributed by atoms with van der Waals surface area (Å²) in [7, 11) is 0. The molecule has 0 saturated carbocycles. The van der Waals surface area contributed by atoms with Crippen molar-refractivity contribution < 1.29 is 23.2 Å². The predicted molar refractivity (Wildman–Crippen MR) is 91.7 cm³/mol. The molecular weight excluding hydrogens is 348 g/mol. The van der Waals surface area contributed by atoms with E-state index in [9.17, 15) is 13.6 Å². The molecule has 2 heterocycles. The van der Waals surface area contributed by atoms with E-state index in [0.717, 1.165) is 25.2 Å². The van der Waals surface area contributed by atoms with Crippen LogP contribution in [0.5, 0.6) is 0 Å². The van der Waals surface area contributed by atoms with E-state index < -0.39 is 11.6 Å².